The zero-order valence-electron chi connectivity index (χ0n) is 11.0. The molecule has 1 aromatic rings. The second kappa shape index (κ2) is 4.98. The molecule has 3 heteroatoms. The van der Waals surface area contributed by atoms with Crippen LogP contribution in [0.4, 0.5) is 4.39 Å². The Morgan fingerprint density at radius 1 is 1.28 bits per heavy atom. The van der Waals surface area contributed by atoms with Crippen molar-refractivity contribution in [1.82, 2.24) is 10.2 Å². The fraction of sp³-hybridized carbons (Fsp3) is 0.600. The minimum atomic E-state index is -0.132. The van der Waals surface area contributed by atoms with E-state index in [2.05, 4.69) is 10.2 Å². The number of hydrogen-bond acceptors (Lipinski definition) is 2. The maximum absolute atomic E-state index is 13.1. The van der Waals surface area contributed by atoms with Gasteiger partial charge >= 0.3 is 0 Å². The Morgan fingerprint density at radius 2 is 2.11 bits per heavy atom. The summed E-state index contributed by atoms with van der Waals surface area (Å²) < 4.78 is 13.1. The van der Waals surface area contributed by atoms with E-state index in [-0.39, 0.29) is 5.82 Å². The average Bonchev–Trinajstić information content (AvgIpc) is 2.66. The van der Waals surface area contributed by atoms with E-state index in [0.29, 0.717) is 6.04 Å². The molecule has 3 rings (SSSR count). The Kier molecular flexibility index (Phi) is 3.35. The van der Waals surface area contributed by atoms with E-state index in [0.717, 1.165) is 31.2 Å². The molecule has 0 saturated carbocycles. The fourth-order valence-electron chi connectivity index (χ4n) is 3.24. The molecule has 0 aliphatic carbocycles. The molecule has 98 valence electrons. The molecule has 0 aromatic heterocycles. The maximum atomic E-state index is 13.1. The normalized spacial score (nSPS) is 28.3. The summed E-state index contributed by atoms with van der Waals surface area (Å²) in [6, 6.07) is 6.54. The molecule has 2 unspecified atom stereocenters. The van der Waals surface area contributed by atoms with Gasteiger partial charge in [0.25, 0.3) is 0 Å². The van der Waals surface area contributed by atoms with Crippen LogP contribution in [-0.4, -0.2) is 30.1 Å². The molecule has 18 heavy (non-hydrogen) atoms. The molecule has 2 bridgehead atoms. The van der Waals surface area contributed by atoms with Gasteiger partial charge in [-0.05, 0) is 49.4 Å². The molecule has 0 radical (unpaired) electrons. The first-order chi connectivity index (χ1) is 8.70. The minimum Gasteiger partial charge on any atom is -0.310 e. The van der Waals surface area contributed by atoms with E-state index >= 15 is 0 Å². The summed E-state index contributed by atoms with van der Waals surface area (Å²) in [5.41, 5.74) is 2.33. The van der Waals surface area contributed by atoms with Crippen molar-refractivity contribution in [3.63, 3.8) is 0 Å². The van der Waals surface area contributed by atoms with Crippen molar-refractivity contribution in [2.75, 3.05) is 13.1 Å². The number of fused-ring (bicyclic) bond motifs is 2. The van der Waals surface area contributed by atoms with Gasteiger partial charge in [-0.2, -0.15) is 0 Å². The number of nitrogens with one attached hydrogen (secondary N) is 1. The van der Waals surface area contributed by atoms with Gasteiger partial charge in [0, 0.05) is 31.7 Å². The highest BCUT2D eigenvalue weighted by Gasteiger charge is 2.29. The smallest absolute Gasteiger partial charge is 0.123 e. The second-order valence-electron chi connectivity index (χ2n) is 5.73. The largest absolute Gasteiger partial charge is 0.310 e. The van der Waals surface area contributed by atoms with Crippen LogP contribution in [0, 0.1) is 12.7 Å². The standard InChI is InChI=1S/C15H21FN2/c1-11-8-13(16)3-2-12(11)9-18-7-6-14-4-5-15(10-18)17-14/h2-3,8,14-15,17H,4-7,9-10H2,1H3. The van der Waals surface area contributed by atoms with Crippen LogP contribution in [-0.2, 0) is 6.54 Å². The number of nitrogens with zero attached hydrogens (tertiary/aromatic N) is 1. The summed E-state index contributed by atoms with van der Waals surface area (Å²) in [6.07, 6.45) is 3.90. The third-order valence-corrected chi connectivity index (χ3v) is 4.31. The molecular formula is C15H21FN2. The number of rotatable bonds is 2. The molecule has 2 saturated heterocycles. The van der Waals surface area contributed by atoms with Gasteiger partial charge < -0.3 is 5.32 Å². The summed E-state index contributed by atoms with van der Waals surface area (Å²) in [6.45, 7) is 5.25. The highest BCUT2D eigenvalue weighted by Crippen LogP contribution is 2.22. The molecule has 2 fully saturated rings. The number of aryl methyl sites for hydroxylation is 1. The molecule has 2 nitrogen and oxygen atoms in total. The molecule has 2 heterocycles. The summed E-state index contributed by atoms with van der Waals surface area (Å²) in [4.78, 5) is 2.51. The number of hydrogen-bond donors (Lipinski definition) is 1. The summed E-state index contributed by atoms with van der Waals surface area (Å²) >= 11 is 0. The lowest BCUT2D eigenvalue weighted by Gasteiger charge is -2.24. The third-order valence-electron chi connectivity index (χ3n) is 4.31. The Bertz CT molecular complexity index is 433. The lowest BCUT2D eigenvalue weighted by atomic mass is 10.1. The predicted molar refractivity (Wildman–Crippen MR) is 71.0 cm³/mol. The van der Waals surface area contributed by atoms with Gasteiger partial charge in [0.15, 0.2) is 0 Å². The SMILES string of the molecule is Cc1cc(F)ccc1CN1CCC2CCC(C1)N2. The lowest BCUT2D eigenvalue weighted by Crippen LogP contribution is -2.35. The minimum absolute atomic E-state index is 0.132. The fourth-order valence-corrected chi connectivity index (χ4v) is 3.24. The lowest BCUT2D eigenvalue weighted by molar-refractivity contribution is 0.250. The van der Waals surface area contributed by atoms with Crippen LogP contribution in [0.2, 0.25) is 0 Å². The molecule has 1 N–H and O–H groups in total. The van der Waals surface area contributed by atoms with Crippen LogP contribution in [0.15, 0.2) is 18.2 Å². The van der Waals surface area contributed by atoms with Crippen molar-refractivity contribution in [3.05, 3.63) is 35.1 Å². The van der Waals surface area contributed by atoms with Crippen LogP contribution < -0.4 is 5.32 Å². The van der Waals surface area contributed by atoms with E-state index in [1.165, 1.54) is 24.8 Å². The van der Waals surface area contributed by atoms with Crippen LogP contribution in [0.1, 0.15) is 30.4 Å². The van der Waals surface area contributed by atoms with E-state index in [1.54, 1.807) is 12.1 Å². The van der Waals surface area contributed by atoms with Crippen molar-refractivity contribution in [2.45, 2.75) is 44.8 Å². The van der Waals surface area contributed by atoms with Crippen molar-refractivity contribution in [2.24, 2.45) is 0 Å². The maximum Gasteiger partial charge on any atom is 0.123 e. The molecular weight excluding hydrogens is 227 g/mol. The van der Waals surface area contributed by atoms with Gasteiger partial charge in [0.2, 0.25) is 0 Å². The number of halogens is 1. The first-order valence-corrected chi connectivity index (χ1v) is 6.94. The zero-order chi connectivity index (χ0) is 12.5. The molecule has 2 aliphatic rings. The number of likely N-dealkylation sites (tertiary alicyclic amines) is 1. The van der Waals surface area contributed by atoms with Crippen molar-refractivity contribution >= 4 is 0 Å². The van der Waals surface area contributed by atoms with Crippen LogP contribution >= 0.6 is 0 Å². The monoisotopic (exact) mass is 248 g/mol. The van der Waals surface area contributed by atoms with Gasteiger partial charge in [-0.15, -0.1) is 0 Å². The van der Waals surface area contributed by atoms with Gasteiger partial charge in [-0.25, -0.2) is 4.39 Å². The summed E-state index contributed by atoms with van der Waals surface area (Å²) in [5, 5.41) is 3.69. The Morgan fingerprint density at radius 3 is 2.94 bits per heavy atom. The third kappa shape index (κ3) is 2.57. The second-order valence-corrected chi connectivity index (χ2v) is 5.73. The van der Waals surface area contributed by atoms with Crippen LogP contribution in [0.25, 0.3) is 0 Å². The van der Waals surface area contributed by atoms with Gasteiger partial charge in [-0.3, -0.25) is 4.90 Å². The molecule has 1 aromatic carbocycles. The number of benzene rings is 1. The molecule has 2 atom stereocenters. The Labute approximate surface area is 108 Å². The Hall–Kier alpha value is -0.930. The first-order valence-electron chi connectivity index (χ1n) is 6.94. The van der Waals surface area contributed by atoms with Crippen molar-refractivity contribution in [1.29, 1.82) is 0 Å². The van der Waals surface area contributed by atoms with Gasteiger partial charge in [0.1, 0.15) is 5.82 Å². The molecule has 2 aliphatic heterocycles. The van der Waals surface area contributed by atoms with Crippen molar-refractivity contribution < 1.29 is 4.39 Å². The predicted octanol–water partition coefficient (Wildman–Crippen LogP) is 2.46. The van der Waals surface area contributed by atoms with Gasteiger partial charge in [-0.1, -0.05) is 6.07 Å². The first kappa shape index (κ1) is 12.1. The van der Waals surface area contributed by atoms with Crippen LogP contribution in [0.3, 0.4) is 0 Å². The van der Waals surface area contributed by atoms with E-state index in [1.807, 2.05) is 13.0 Å². The van der Waals surface area contributed by atoms with Crippen molar-refractivity contribution in [3.8, 4) is 0 Å². The summed E-state index contributed by atoms with van der Waals surface area (Å²) in [7, 11) is 0. The quantitative estimate of drug-likeness (QED) is 0.865. The topological polar surface area (TPSA) is 15.3 Å². The highest BCUT2D eigenvalue weighted by atomic mass is 19.1. The van der Waals surface area contributed by atoms with E-state index < -0.39 is 0 Å². The van der Waals surface area contributed by atoms with E-state index in [9.17, 15) is 4.39 Å². The van der Waals surface area contributed by atoms with E-state index in [4.69, 9.17) is 0 Å². The molecule has 0 spiro atoms. The van der Waals surface area contributed by atoms with Crippen LogP contribution in [0.5, 0.6) is 0 Å². The average molecular weight is 248 g/mol. The summed E-state index contributed by atoms with van der Waals surface area (Å²) in [5.74, 6) is -0.132. The molecule has 0 amide bonds. The zero-order valence-corrected chi connectivity index (χ0v) is 11.0. The highest BCUT2D eigenvalue weighted by molar-refractivity contribution is 5.26. The van der Waals surface area contributed by atoms with Gasteiger partial charge in [0.05, 0.1) is 0 Å². The Balaban J connectivity index is 1.68.